The van der Waals surface area contributed by atoms with Crippen molar-refractivity contribution in [3.05, 3.63) is 29.8 Å². The van der Waals surface area contributed by atoms with Crippen LogP contribution in [0.1, 0.15) is 12.5 Å². The van der Waals surface area contributed by atoms with Gasteiger partial charge in [0.05, 0.1) is 25.5 Å². The van der Waals surface area contributed by atoms with Crippen LogP contribution in [-0.4, -0.2) is 37.6 Å². The highest BCUT2D eigenvalue weighted by Gasteiger charge is 2.40. The number of nitrogens with one attached hydrogen (secondary N) is 1. The molecule has 1 aromatic rings. The molecule has 0 saturated carbocycles. The lowest BCUT2D eigenvalue weighted by molar-refractivity contribution is -0.190. The quantitative estimate of drug-likeness (QED) is 0.863. The molecular weight excluding hydrogens is 250 g/mol. The Morgan fingerprint density at radius 2 is 2.11 bits per heavy atom. The van der Waals surface area contributed by atoms with Gasteiger partial charge >= 0.3 is 6.09 Å². The minimum absolute atomic E-state index is 0.284. The minimum Gasteiger partial charge on any atom is -0.450 e. The summed E-state index contributed by atoms with van der Waals surface area (Å²) in [5.41, 5.74) is 1.07. The van der Waals surface area contributed by atoms with Crippen molar-refractivity contribution in [3.63, 3.8) is 0 Å². The van der Waals surface area contributed by atoms with Gasteiger partial charge < -0.3 is 19.3 Å². The van der Waals surface area contributed by atoms with Crippen molar-refractivity contribution in [2.45, 2.75) is 12.7 Å². The molecule has 0 aromatic heterocycles. The summed E-state index contributed by atoms with van der Waals surface area (Å²) in [7, 11) is 0. The third kappa shape index (κ3) is 2.86. The topological polar surface area (TPSA) is 77.0 Å². The molecule has 1 aliphatic rings. The van der Waals surface area contributed by atoms with Crippen LogP contribution in [0, 0.1) is 0 Å². The van der Waals surface area contributed by atoms with E-state index < -0.39 is 11.9 Å². The molecule has 0 atom stereocenters. The first kappa shape index (κ1) is 13.8. The predicted molar refractivity (Wildman–Crippen MR) is 67.8 cm³/mol. The van der Waals surface area contributed by atoms with Gasteiger partial charge in [-0.05, 0) is 13.0 Å². The van der Waals surface area contributed by atoms with E-state index in [1.54, 1.807) is 31.2 Å². The first-order chi connectivity index (χ1) is 9.22. The molecule has 2 rings (SSSR count). The Kier molecular flexibility index (Phi) is 4.36. The lowest BCUT2D eigenvalue weighted by atomic mass is 10.0. The minimum atomic E-state index is -1.21. The van der Waals surface area contributed by atoms with E-state index in [9.17, 15) is 9.90 Å². The first-order valence-electron chi connectivity index (χ1n) is 6.14. The molecule has 1 amide bonds. The fraction of sp³-hybridized carbons (Fsp3) is 0.462. The van der Waals surface area contributed by atoms with E-state index in [0.29, 0.717) is 24.5 Å². The van der Waals surface area contributed by atoms with Crippen LogP contribution in [0.2, 0.25) is 0 Å². The van der Waals surface area contributed by atoms with Gasteiger partial charge in [-0.15, -0.1) is 0 Å². The normalized spacial score (nSPS) is 17.2. The van der Waals surface area contributed by atoms with Gasteiger partial charge in [0.2, 0.25) is 5.79 Å². The zero-order valence-electron chi connectivity index (χ0n) is 10.7. The highest BCUT2D eigenvalue weighted by molar-refractivity contribution is 5.85. The summed E-state index contributed by atoms with van der Waals surface area (Å²) in [6.07, 6.45) is -0.555. The molecule has 0 spiro atoms. The standard InChI is InChI=1S/C13H17NO5/c1-2-17-12(16)14-11-6-4-3-5-10(11)13(9-15)18-7-8-19-13/h3-6,15H,2,7-9H2,1H3,(H,14,16). The Balaban J connectivity index is 2.27. The van der Waals surface area contributed by atoms with Crippen LogP contribution in [0.3, 0.4) is 0 Å². The van der Waals surface area contributed by atoms with Crippen LogP contribution in [-0.2, 0) is 20.0 Å². The molecule has 1 heterocycles. The van der Waals surface area contributed by atoms with Crippen LogP contribution >= 0.6 is 0 Å². The summed E-state index contributed by atoms with van der Waals surface area (Å²) < 4.78 is 15.8. The fourth-order valence-corrected chi connectivity index (χ4v) is 1.99. The molecule has 0 radical (unpaired) electrons. The van der Waals surface area contributed by atoms with Crippen molar-refractivity contribution < 1.29 is 24.1 Å². The average Bonchev–Trinajstić information content (AvgIpc) is 2.89. The van der Waals surface area contributed by atoms with E-state index in [1.807, 2.05) is 0 Å². The highest BCUT2D eigenvalue weighted by Crippen LogP contribution is 2.35. The number of carbonyl (C=O) groups is 1. The second-order valence-corrected chi connectivity index (χ2v) is 4.00. The predicted octanol–water partition coefficient (Wildman–Crippen LogP) is 1.45. The maximum absolute atomic E-state index is 11.5. The molecule has 0 aliphatic carbocycles. The van der Waals surface area contributed by atoms with E-state index in [0.717, 1.165) is 0 Å². The summed E-state index contributed by atoms with van der Waals surface area (Å²) >= 11 is 0. The van der Waals surface area contributed by atoms with Gasteiger partial charge in [-0.1, -0.05) is 18.2 Å². The summed E-state index contributed by atoms with van der Waals surface area (Å²) in [5, 5.41) is 12.2. The van der Waals surface area contributed by atoms with Gasteiger partial charge in [0.25, 0.3) is 0 Å². The summed E-state index contributed by atoms with van der Waals surface area (Å²) in [5.74, 6) is -1.21. The van der Waals surface area contributed by atoms with Crippen LogP contribution in [0.25, 0.3) is 0 Å². The number of aliphatic hydroxyl groups is 1. The number of para-hydroxylation sites is 1. The number of ether oxygens (including phenoxy) is 3. The van der Waals surface area contributed by atoms with Gasteiger partial charge in [0, 0.05) is 5.56 Å². The Labute approximate surface area is 111 Å². The van der Waals surface area contributed by atoms with Crippen LogP contribution < -0.4 is 5.32 Å². The summed E-state index contributed by atoms with van der Waals surface area (Å²) in [4.78, 5) is 11.5. The molecule has 6 heteroatoms. The molecule has 1 aliphatic heterocycles. The average molecular weight is 267 g/mol. The summed E-state index contributed by atoms with van der Waals surface area (Å²) in [6, 6.07) is 7.00. The van der Waals surface area contributed by atoms with Crippen molar-refractivity contribution >= 4 is 11.8 Å². The number of anilines is 1. The van der Waals surface area contributed by atoms with Crippen molar-refractivity contribution in [1.82, 2.24) is 0 Å². The number of carbonyl (C=O) groups excluding carboxylic acids is 1. The van der Waals surface area contributed by atoms with Gasteiger partial charge in [0.1, 0.15) is 6.61 Å². The number of rotatable bonds is 4. The maximum atomic E-state index is 11.5. The van der Waals surface area contributed by atoms with Gasteiger partial charge in [-0.2, -0.15) is 0 Å². The summed E-state index contributed by atoms with van der Waals surface area (Å²) in [6.45, 7) is 2.48. The van der Waals surface area contributed by atoms with E-state index in [1.165, 1.54) is 0 Å². The highest BCUT2D eigenvalue weighted by atomic mass is 16.7. The number of aliphatic hydroxyl groups excluding tert-OH is 1. The molecular formula is C13H17NO5. The maximum Gasteiger partial charge on any atom is 0.411 e. The van der Waals surface area contributed by atoms with Crippen LogP contribution in [0.5, 0.6) is 0 Å². The number of hydrogen-bond acceptors (Lipinski definition) is 5. The van der Waals surface area contributed by atoms with E-state index >= 15 is 0 Å². The van der Waals surface area contributed by atoms with E-state index in [2.05, 4.69) is 5.32 Å². The smallest absolute Gasteiger partial charge is 0.411 e. The molecule has 1 fully saturated rings. The zero-order valence-corrected chi connectivity index (χ0v) is 10.7. The lowest BCUT2D eigenvalue weighted by Crippen LogP contribution is -2.33. The Bertz CT molecular complexity index is 442. The third-order valence-corrected chi connectivity index (χ3v) is 2.81. The second kappa shape index (κ2) is 6.01. The van der Waals surface area contributed by atoms with Crippen molar-refractivity contribution in [3.8, 4) is 0 Å². The molecule has 0 bridgehead atoms. The van der Waals surface area contributed by atoms with Gasteiger partial charge in [0.15, 0.2) is 0 Å². The molecule has 1 aromatic carbocycles. The van der Waals surface area contributed by atoms with E-state index in [4.69, 9.17) is 14.2 Å². The Morgan fingerprint density at radius 1 is 1.42 bits per heavy atom. The van der Waals surface area contributed by atoms with Crippen LogP contribution in [0.15, 0.2) is 24.3 Å². The van der Waals surface area contributed by atoms with Gasteiger partial charge in [-0.25, -0.2) is 4.79 Å². The Hall–Kier alpha value is -1.63. The monoisotopic (exact) mass is 267 g/mol. The molecule has 1 saturated heterocycles. The number of amides is 1. The zero-order chi connectivity index (χ0) is 13.7. The van der Waals surface area contributed by atoms with Crippen LogP contribution in [0.4, 0.5) is 10.5 Å². The lowest BCUT2D eigenvalue weighted by Gasteiger charge is -2.27. The molecule has 0 unspecified atom stereocenters. The van der Waals surface area contributed by atoms with Crippen molar-refractivity contribution in [1.29, 1.82) is 0 Å². The second-order valence-electron chi connectivity index (χ2n) is 4.00. The van der Waals surface area contributed by atoms with Gasteiger partial charge in [-0.3, -0.25) is 5.32 Å². The number of hydrogen-bond donors (Lipinski definition) is 2. The molecule has 6 nitrogen and oxygen atoms in total. The number of benzene rings is 1. The molecule has 2 N–H and O–H groups in total. The van der Waals surface area contributed by atoms with Crippen molar-refractivity contribution in [2.24, 2.45) is 0 Å². The molecule has 19 heavy (non-hydrogen) atoms. The Morgan fingerprint density at radius 3 is 2.74 bits per heavy atom. The molecule has 104 valence electrons. The third-order valence-electron chi connectivity index (χ3n) is 2.81. The first-order valence-corrected chi connectivity index (χ1v) is 6.14. The van der Waals surface area contributed by atoms with Crippen molar-refractivity contribution in [2.75, 3.05) is 31.7 Å². The van der Waals surface area contributed by atoms with E-state index in [-0.39, 0.29) is 13.2 Å². The largest absolute Gasteiger partial charge is 0.450 e. The SMILES string of the molecule is CCOC(=O)Nc1ccccc1C1(CO)OCCO1. The fourth-order valence-electron chi connectivity index (χ4n) is 1.99.